The fourth-order valence-corrected chi connectivity index (χ4v) is 3.13. The van der Waals surface area contributed by atoms with Crippen LogP contribution in [0.1, 0.15) is 24.8 Å². The van der Waals surface area contributed by atoms with Gasteiger partial charge in [0.1, 0.15) is 0 Å². The zero-order valence-electron chi connectivity index (χ0n) is 15.0. The number of carbonyl (C=O) groups excluding carboxylic acids is 1. The zero-order valence-corrected chi connectivity index (χ0v) is 15.0. The third-order valence-electron chi connectivity index (χ3n) is 4.42. The summed E-state index contributed by atoms with van der Waals surface area (Å²) in [5, 5.41) is 3.42. The van der Waals surface area contributed by atoms with Gasteiger partial charge in [0.25, 0.3) is 0 Å². The lowest BCUT2D eigenvalue weighted by atomic mass is 9.95. The van der Waals surface area contributed by atoms with Gasteiger partial charge in [0.2, 0.25) is 5.91 Å². The SMILES string of the molecule is CN=C(NCc1ccc(N(C)C)cc1)N1CCCC(CC(N)=O)C1. The van der Waals surface area contributed by atoms with E-state index in [0.29, 0.717) is 12.3 Å². The lowest BCUT2D eigenvalue weighted by Gasteiger charge is -2.34. The van der Waals surface area contributed by atoms with Gasteiger partial charge in [0, 0.05) is 52.9 Å². The van der Waals surface area contributed by atoms with Crippen LogP contribution in [-0.4, -0.2) is 51.0 Å². The summed E-state index contributed by atoms with van der Waals surface area (Å²) in [7, 11) is 5.87. The van der Waals surface area contributed by atoms with Crippen molar-refractivity contribution in [2.45, 2.75) is 25.8 Å². The fraction of sp³-hybridized carbons (Fsp3) is 0.556. The van der Waals surface area contributed by atoms with E-state index in [4.69, 9.17) is 5.73 Å². The predicted octanol–water partition coefficient (Wildman–Crippen LogP) is 1.42. The first-order valence-corrected chi connectivity index (χ1v) is 8.49. The Morgan fingerprint density at radius 1 is 1.38 bits per heavy atom. The molecule has 1 saturated heterocycles. The number of nitrogens with two attached hydrogens (primary N) is 1. The summed E-state index contributed by atoms with van der Waals surface area (Å²) in [4.78, 5) is 19.9. The highest BCUT2D eigenvalue weighted by atomic mass is 16.1. The largest absolute Gasteiger partial charge is 0.378 e. The average molecular weight is 331 g/mol. The molecule has 1 atom stereocenters. The molecule has 2 rings (SSSR count). The predicted molar refractivity (Wildman–Crippen MR) is 99.1 cm³/mol. The molecule has 1 aromatic carbocycles. The third kappa shape index (κ3) is 5.15. The number of likely N-dealkylation sites (tertiary alicyclic amines) is 1. The summed E-state index contributed by atoms with van der Waals surface area (Å²) >= 11 is 0. The van der Waals surface area contributed by atoms with Gasteiger partial charge in [-0.2, -0.15) is 0 Å². The zero-order chi connectivity index (χ0) is 17.5. The molecule has 1 aliphatic heterocycles. The van der Waals surface area contributed by atoms with Gasteiger partial charge < -0.3 is 20.9 Å². The van der Waals surface area contributed by atoms with E-state index < -0.39 is 0 Å². The highest BCUT2D eigenvalue weighted by Gasteiger charge is 2.23. The Balaban J connectivity index is 1.90. The number of carbonyl (C=O) groups is 1. The Kier molecular flexibility index (Phi) is 6.46. The van der Waals surface area contributed by atoms with Crippen molar-refractivity contribution in [1.82, 2.24) is 10.2 Å². The van der Waals surface area contributed by atoms with Crippen LogP contribution < -0.4 is 16.0 Å². The van der Waals surface area contributed by atoms with E-state index in [1.165, 1.54) is 11.3 Å². The van der Waals surface area contributed by atoms with E-state index in [2.05, 4.69) is 44.4 Å². The van der Waals surface area contributed by atoms with Crippen molar-refractivity contribution in [3.63, 3.8) is 0 Å². The number of guanidine groups is 1. The lowest BCUT2D eigenvalue weighted by Crippen LogP contribution is -2.46. The van der Waals surface area contributed by atoms with Crippen LogP contribution in [-0.2, 0) is 11.3 Å². The monoisotopic (exact) mass is 331 g/mol. The van der Waals surface area contributed by atoms with E-state index in [9.17, 15) is 4.79 Å². The molecular weight excluding hydrogens is 302 g/mol. The summed E-state index contributed by atoms with van der Waals surface area (Å²) in [5.74, 6) is 1.00. The van der Waals surface area contributed by atoms with Crippen LogP contribution in [0, 0.1) is 5.92 Å². The summed E-state index contributed by atoms with van der Waals surface area (Å²) in [6.45, 7) is 2.54. The smallest absolute Gasteiger partial charge is 0.217 e. The second kappa shape index (κ2) is 8.57. The van der Waals surface area contributed by atoms with Gasteiger partial charge in [-0.15, -0.1) is 0 Å². The molecule has 1 heterocycles. The van der Waals surface area contributed by atoms with Crippen LogP contribution in [0.2, 0.25) is 0 Å². The van der Waals surface area contributed by atoms with Crippen LogP contribution in [0.25, 0.3) is 0 Å². The number of amides is 1. The number of nitrogens with zero attached hydrogens (tertiary/aromatic N) is 3. The molecule has 1 aromatic rings. The van der Waals surface area contributed by atoms with Crippen LogP contribution in [0.15, 0.2) is 29.3 Å². The summed E-state index contributed by atoms with van der Waals surface area (Å²) in [5.41, 5.74) is 7.74. The normalized spacial score (nSPS) is 18.4. The highest BCUT2D eigenvalue weighted by molar-refractivity contribution is 5.80. The van der Waals surface area contributed by atoms with Gasteiger partial charge in [-0.1, -0.05) is 12.1 Å². The van der Waals surface area contributed by atoms with Crippen LogP contribution >= 0.6 is 0 Å². The molecule has 6 nitrogen and oxygen atoms in total. The molecule has 0 bridgehead atoms. The van der Waals surface area contributed by atoms with Crippen molar-refractivity contribution >= 4 is 17.6 Å². The van der Waals surface area contributed by atoms with E-state index in [1.807, 2.05) is 14.1 Å². The lowest BCUT2D eigenvalue weighted by molar-refractivity contribution is -0.119. The van der Waals surface area contributed by atoms with Crippen LogP contribution in [0.5, 0.6) is 0 Å². The molecule has 132 valence electrons. The number of anilines is 1. The van der Waals surface area contributed by atoms with E-state index in [1.54, 1.807) is 7.05 Å². The second-order valence-corrected chi connectivity index (χ2v) is 6.59. The molecular formula is C18H29N5O. The Bertz CT molecular complexity index is 567. The molecule has 0 aromatic heterocycles. The van der Waals surface area contributed by atoms with Gasteiger partial charge in [0.15, 0.2) is 5.96 Å². The number of primary amides is 1. The molecule has 6 heteroatoms. The van der Waals surface area contributed by atoms with E-state index in [-0.39, 0.29) is 5.91 Å². The van der Waals surface area contributed by atoms with Crippen molar-refractivity contribution in [2.75, 3.05) is 39.1 Å². The van der Waals surface area contributed by atoms with Crippen molar-refractivity contribution in [3.8, 4) is 0 Å². The van der Waals surface area contributed by atoms with Crippen molar-refractivity contribution in [2.24, 2.45) is 16.6 Å². The number of benzene rings is 1. The fourth-order valence-electron chi connectivity index (χ4n) is 3.13. The minimum absolute atomic E-state index is 0.217. The van der Waals surface area contributed by atoms with Gasteiger partial charge in [-0.3, -0.25) is 9.79 Å². The average Bonchev–Trinajstić information content (AvgIpc) is 2.55. The first-order valence-electron chi connectivity index (χ1n) is 8.49. The van der Waals surface area contributed by atoms with Crippen LogP contribution in [0.4, 0.5) is 5.69 Å². The quantitative estimate of drug-likeness (QED) is 0.632. The standard InChI is InChI=1S/C18H29N5O/c1-20-18(23-10-4-5-15(13-23)11-17(19)24)21-12-14-6-8-16(9-7-14)22(2)3/h6-9,15H,4-5,10-13H2,1-3H3,(H2,19,24)(H,20,21). The second-order valence-electron chi connectivity index (χ2n) is 6.59. The maximum Gasteiger partial charge on any atom is 0.217 e. The van der Waals surface area contributed by atoms with E-state index in [0.717, 1.165) is 38.4 Å². The maximum atomic E-state index is 11.2. The molecule has 1 aliphatic rings. The Labute approximate surface area is 144 Å². The topological polar surface area (TPSA) is 74.0 Å². The Hall–Kier alpha value is -2.24. The van der Waals surface area contributed by atoms with Gasteiger partial charge in [0.05, 0.1) is 0 Å². The summed E-state index contributed by atoms with van der Waals surface area (Å²) < 4.78 is 0. The number of rotatable bonds is 5. The number of piperidine rings is 1. The first kappa shape index (κ1) is 18.1. The van der Waals surface area contributed by atoms with Gasteiger partial charge in [-0.25, -0.2) is 0 Å². The maximum absolute atomic E-state index is 11.2. The highest BCUT2D eigenvalue weighted by Crippen LogP contribution is 2.19. The number of aliphatic imine (C=N–C) groups is 1. The number of nitrogens with one attached hydrogen (secondary N) is 1. The van der Waals surface area contributed by atoms with Crippen molar-refractivity contribution in [3.05, 3.63) is 29.8 Å². The van der Waals surface area contributed by atoms with E-state index >= 15 is 0 Å². The van der Waals surface area contributed by atoms with Gasteiger partial charge >= 0.3 is 0 Å². The number of hydrogen-bond donors (Lipinski definition) is 2. The summed E-state index contributed by atoms with van der Waals surface area (Å²) in [6, 6.07) is 8.48. The molecule has 0 aliphatic carbocycles. The molecule has 3 N–H and O–H groups in total. The van der Waals surface area contributed by atoms with Crippen molar-refractivity contribution in [1.29, 1.82) is 0 Å². The third-order valence-corrected chi connectivity index (χ3v) is 4.42. The summed E-state index contributed by atoms with van der Waals surface area (Å²) in [6.07, 6.45) is 2.58. The molecule has 1 amide bonds. The Morgan fingerprint density at radius 2 is 2.08 bits per heavy atom. The first-order chi connectivity index (χ1) is 11.5. The van der Waals surface area contributed by atoms with Crippen molar-refractivity contribution < 1.29 is 4.79 Å². The molecule has 0 radical (unpaired) electrons. The molecule has 0 saturated carbocycles. The minimum atomic E-state index is -0.217. The van der Waals surface area contributed by atoms with Gasteiger partial charge in [-0.05, 0) is 36.5 Å². The van der Waals surface area contributed by atoms with Crippen LogP contribution in [0.3, 0.4) is 0 Å². The molecule has 24 heavy (non-hydrogen) atoms. The number of hydrogen-bond acceptors (Lipinski definition) is 3. The minimum Gasteiger partial charge on any atom is -0.378 e. The molecule has 1 fully saturated rings. The molecule has 1 unspecified atom stereocenters. The Morgan fingerprint density at radius 3 is 2.67 bits per heavy atom. The molecule has 0 spiro atoms.